The molecule has 1 N–H and O–H groups in total. The number of aryl methyl sites for hydroxylation is 3. The van der Waals surface area contributed by atoms with Gasteiger partial charge in [-0.1, -0.05) is 23.1 Å². The number of amides is 1. The van der Waals surface area contributed by atoms with Crippen LogP contribution in [0.25, 0.3) is 0 Å². The molecule has 0 aromatic carbocycles. The summed E-state index contributed by atoms with van der Waals surface area (Å²) in [6.45, 7) is 7.40. The first kappa shape index (κ1) is 17.5. The van der Waals surface area contributed by atoms with Crippen molar-refractivity contribution in [1.82, 2.24) is 9.97 Å². The first-order valence-corrected chi connectivity index (χ1v) is 8.72. The SMILES string of the molecule is CCOC(=O)c1sc(NC(=O)CSc2nc(C)c(C)o2)nc1C. The van der Waals surface area contributed by atoms with Crippen molar-refractivity contribution in [2.24, 2.45) is 0 Å². The molecule has 23 heavy (non-hydrogen) atoms. The van der Waals surface area contributed by atoms with E-state index in [1.165, 1.54) is 11.8 Å². The largest absolute Gasteiger partial charge is 0.462 e. The smallest absolute Gasteiger partial charge is 0.350 e. The standard InChI is InChI=1S/C14H17N3O4S2/c1-5-20-12(19)11-8(3)15-13(23-11)17-10(18)6-22-14-16-7(2)9(4)21-14/h5-6H2,1-4H3,(H,15,17,18). The second kappa shape index (κ2) is 7.60. The summed E-state index contributed by atoms with van der Waals surface area (Å²) in [5, 5.41) is 3.49. The number of aromatic nitrogens is 2. The fourth-order valence-electron chi connectivity index (χ4n) is 1.62. The zero-order valence-corrected chi connectivity index (χ0v) is 14.9. The molecular formula is C14H17N3O4S2. The molecule has 9 heteroatoms. The molecule has 2 heterocycles. The zero-order valence-electron chi connectivity index (χ0n) is 13.3. The molecule has 7 nitrogen and oxygen atoms in total. The summed E-state index contributed by atoms with van der Waals surface area (Å²) in [6.07, 6.45) is 0. The maximum Gasteiger partial charge on any atom is 0.350 e. The minimum atomic E-state index is -0.428. The fraction of sp³-hybridized carbons (Fsp3) is 0.429. The summed E-state index contributed by atoms with van der Waals surface area (Å²) in [4.78, 5) is 32.4. The van der Waals surface area contributed by atoms with Crippen molar-refractivity contribution in [1.29, 1.82) is 0 Å². The third-order valence-electron chi connectivity index (χ3n) is 2.84. The summed E-state index contributed by atoms with van der Waals surface area (Å²) < 4.78 is 10.3. The number of esters is 1. The van der Waals surface area contributed by atoms with Crippen molar-refractivity contribution in [2.75, 3.05) is 17.7 Å². The Bertz CT molecular complexity index is 704. The van der Waals surface area contributed by atoms with Crippen molar-refractivity contribution >= 4 is 40.1 Å². The Labute approximate surface area is 141 Å². The number of oxazole rings is 1. The monoisotopic (exact) mass is 355 g/mol. The highest BCUT2D eigenvalue weighted by Gasteiger charge is 2.18. The van der Waals surface area contributed by atoms with Crippen molar-refractivity contribution in [3.8, 4) is 0 Å². The van der Waals surface area contributed by atoms with Crippen molar-refractivity contribution < 1.29 is 18.7 Å². The molecule has 0 aliphatic carbocycles. The number of ether oxygens (including phenoxy) is 1. The molecule has 0 aliphatic heterocycles. The van der Waals surface area contributed by atoms with Crippen molar-refractivity contribution in [3.05, 3.63) is 22.0 Å². The Balaban J connectivity index is 1.92. The molecule has 0 saturated carbocycles. The van der Waals surface area contributed by atoms with Gasteiger partial charge in [0, 0.05) is 0 Å². The molecule has 0 atom stereocenters. The number of nitrogens with zero attached hydrogens (tertiary/aromatic N) is 2. The van der Waals surface area contributed by atoms with Gasteiger partial charge in [-0.3, -0.25) is 4.79 Å². The van der Waals surface area contributed by atoms with Crippen LogP contribution >= 0.6 is 23.1 Å². The predicted molar refractivity (Wildman–Crippen MR) is 88.1 cm³/mol. The van der Waals surface area contributed by atoms with Crippen molar-refractivity contribution in [2.45, 2.75) is 32.9 Å². The minimum absolute atomic E-state index is 0.146. The van der Waals surface area contributed by atoms with Crippen LogP contribution < -0.4 is 5.32 Å². The molecule has 2 aromatic rings. The van der Waals surface area contributed by atoms with Gasteiger partial charge in [0.2, 0.25) is 5.91 Å². The average molecular weight is 355 g/mol. The number of carbonyl (C=O) groups is 2. The van der Waals surface area contributed by atoms with Crippen LogP contribution in [0.1, 0.15) is 33.7 Å². The van der Waals surface area contributed by atoms with Gasteiger partial charge in [-0.05, 0) is 27.7 Å². The number of rotatable bonds is 6. The third-order valence-corrected chi connectivity index (χ3v) is 4.72. The summed E-state index contributed by atoms with van der Waals surface area (Å²) in [6, 6.07) is 0. The Morgan fingerprint density at radius 3 is 2.61 bits per heavy atom. The van der Waals surface area contributed by atoms with Crippen LogP contribution in [0.15, 0.2) is 9.64 Å². The lowest BCUT2D eigenvalue weighted by Gasteiger charge is -1.99. The molecule has 0 bridgehead atoms. The molecule has 2 aromatic heterocycles. The lowest BCUT2D eigenvalue weighted by atomic mass is 10.4. The van der Waals surface area contributed by atoms with E-state index >= 15 is 0 Å². The molecule has 2 rings (SSSR count). The van der Waals surface area contributed by atoms with Gasteiger partial charge in [-0.15, -0.1) is 0 Å². The maximum absolute atomic E-state index is 11.9. The van der Waals surface area contributed by atoms with Crippen LogP contribution in [-0.4, -0.2) is 34.2 Å². The number of anilines is 1. The second-order valence-corrected chi connectivity index (χ2v) is 6.54. The fourth-order valence-corrected chi connectivity index (χ4v) is 3.21. The quantitative estimate of drug-likeness (QED) is 0.629. The number of hydrogen-bond donors (Lipinski definition) is 1. The van der Waals surface area contributed by atoms with Crippen LogP contribution in [-0.2, 0) is 9.53 Å². The van der Waals surface area contributed by atoms with Gasteiger partial charge in [-0.25, -0.2) is 14.8 Å². The van der Waals surface area contributed by atoms with E-state index in [-0.39, 0.29) is 11.7 Å². The van der Waals surface area contributed by atoms with Gasteiger partial charge in [0.1, 0.15) is 10.6 Å². The minimum Gasteiger partial charge on any atom is -0.462 e. The van der Waals surface area contributed by atoms with E-state index in [1.807, 2.05) is 13.8 Å². The summed E-state index contributed by atoms with van der Waals surface area (Å²) in [5.41, 5.74) is 1.35. The van der Waals surface area contributed by atoms with E-state index in [0.29, 0.717) is 27.5 Å². The summed E-state index contributed by atoms with van der Waals surface area (Å²) in [7, 11) is 0. The van der Waals surface area contributed by atoms with Crippen molar-refractivity contribution in [3.63, 3.8) is 0 Å². The van der Waals surface area contributed by atoms with Gasteiger partial charge in [0.05, 0.1) is 23.7 Å². The molecular weight excluding hydrogens is 338 g/mol. The molecule has 0 fully saturated rings. The van der Waals surface area contributed by atoms with Gasteiger partial charge >= 0.3 is 5.97 Å². The molecule has 0 saturated heterocycles. The molecule has 124 valence electrons. The first-order chi connectivity index (χ1) is 10.9. The highest BCUT2D eigenvalue weighted by molar-refractivity contribution is 7.99. The Hall–Kier alpha value is -1.87. The number of nitrogens with one attached hydrogen (secondary N) is 1. The number of thioether (sulfide) groups is 1. The molecule has 1 amide bonds. The number of thiazole rings is 1. The van der Waals surface area contributed by atoms with Crippen LogP contribution in [0.5, 0.6) is 0 Å². The Kier molecular flexibility index (Phi) is 5.78. The molecule has 0 radical (unpaired) electrons. The third kappa shape index (κ3) is 4.55. The lowest BCUT2D eigenvalue weighted by molar-refractivity contribution is -0.113. The highest BCUT2D eigenvalue weighted by Crippen LogP contribution is 2.24. The second-order valence-electron chi connectivity index (χ2n) is 4.61. The van der Waals surface area contributed by atoms with E-state index in [0.717, 1.165) is 22.8 Å². The average Bonchev–Trinajstić information content (AvgIpc) is 3.00. The van der Waals surface area contributed by atoms with Crippen LogP contribution in [0.3, 0.4) is 0 Å². The predicted octanol–water partition coefficient (Wildman–Crippen LogP) is 2.96. The Morgan fingerprint density at radius 2 is 2.00 bits per heavy atom. The number of hydrogen-bond acceptors (Lipinski definition) is 8. The van der Waals surface area contributed by atoms with Gasteiger partial charge < -0.3 is 14.5 Å². The summed E-state index contributed by atoms with van der Waals surface area (Å²) >= 11 is 2.30. The molecule has 0 unspecified atom stereocenters. The van der Waals surface area contributed by atoms with Gasteiger partial charge in [-0.2, -0.15) is 0 Å². The highest BCUT2D eigenvalue weighted by atomic mass is 32.2. The summed E-state index contributed by atoms with van der Waals surface area (Å²) in [5.74, 6) is 0.213. The van der Waals surface area contributed by atoms with E-state index in [2.05, 4.69) is 15.3 Å². The van der Waals surface area contributed by atoms with E-state index in [1.54, 1.807) is 13.8 Å². The van der Waals surface area contributed by atoms with Crippen LogP contribution in [0.4, 0.5) is 5.13 Å². The van der Waals surface area contributed by atoms with E-state index < -0.39 is 5.97 Å². The Morgan fingerprint density at radius 1 is 1.26 bits per heavy atom. The normalized spacial score (nSPS) is 10.6. The maximum atomic E-state index is 11.9. The van der Waals surface area contributed by atoms with Crippen LogP contribution in [0.2, 0.25) is 0 Å². The zero-order chi connectivity index (χ0) is 17.0. The van der Waals surface area contributed by atoms with E-state index in [4.69, 9.17) is 9.15 Å². The first-order valence-electron chi connectivity index (χ1n) is 6.92. The topological polar surface area (TPSA) is 94.3 Å². The molecule has 0 aliphatic rings. The number of carbonyl (C=O) groups excluding carboxylic acids is 2. The lowest BCUT2D eigenvalue weighted by Crippen LogP contribution is -2.13. The van der Waals surface area contributed by atoms with E-state index in [9.17, 15) is 9.59 Å². The van der Waals surface area contributed by atoms with Crippen LogP contribution in [0, 0.1) is 20.8 Å². The van der Waals surface area contributed by atoms with Gasteiger partial charge in [0.25, 0.3) is 5.22 Å². The van der Waals surface area contributed by atoms with Gasteiger partial charge in [0.15, 0.2) is 5.13 Å². The molecule has 0 spiro atoms.